The van der Waals surface area contributed by atoms with Gasteiger partial charge in [0.25, 0.3) is 0 Å². The molecule has 5 nitrogen and oxygen atoms in total. The van der Waals surface area contributed by atoms with E-state index >= 15 is 0 Å². The monoisotopic (exact) mass is 365 g/mol. The standard InChI is InChI=1S/C18H18F3N3O2/c19-18(20,21)17-4-2-14(10-22-17)24-7-5-23(6-8-24)11-13-1-3-15-16(9-13)26-12-25-15/h1-4,9-10H,5-8,11-12H2. The lowest BCUT2D eigenvalue weighted by molar-refractivity contribution is -0.141. The smallest absolute Gasteiger partial charge is 0.433 e. The van der Waals surface area contributed by atoms with Crippen LogP contribution < -0.4 is 14.4 Å². The highest BCUT2D eigenvalue weighted by molar-refractivity contribution is 5.46. The number of hydrogen-bond acceptors (Lipinski definition) is 5. The van der Waals surface area contributed by atoms with E-state index in [9.17, 15) is 13.2 Å². The molecule has 138 valence electrons. The lowest BCUT2D eigenvalue weighted by Gasteiger charge is -2.36. The summed E-state index contributed by atoms with van der Waals surface area (Å²) in [5.74, 6) is 1.55. The maximum atomic E-state index is 12.6. The molecule has 2 aromatic rings. The minimum Gasteiger partial charge on any atom is -0.454 e. The number of halogens is 3. The third kappa shape index (κ3) is 3.55. The zero-order valence-electron chi connectivity index (χ0n) is 14.0. The fourth-order valence-corrected chi connectivity index (χ4v) is 3.20. The van der Waals surface area contributed by atoms with Gasteiger partial charge in [-0.15, -0.1) is 0 Å². The molecule has 0 atom stereocenters. The van der Waals surface area contributed by atoms with Gasteiger partial charge in [0.1, 0.15) is 5.69 Å². The van der Waals surface area contributed by atoms with Crippen LogP contribution in [0.5, 0.6) is 11.5 Å². The van der Waals surface area contributed by atoms with Crippen LogP contribution in [0.3, 0.4) is 0 Å². The van der Waals surface area contributed by atoms with Gasteiger partial charge in [-0.25, -0.2) is 4.98 Å². The van der Waals surface area contributed by atoms with Gasteiger partial charge < -0.3 is 14.4 Å². The molecule has 1 aromatic heterocycles. The van der Waals surface area contributed by atoms with Crippen LogP contribution in [-0.4, -0.2) is 42.9 Å². The van der Waals surface area contributed by atoms with Crippen LogP contribution in [0.4, 0.5) is 18.9 Å². The number of nitrogens with zero attached hydrogens (tertiary/aromatic N) is 3. The number of rotatable bonds is 3. The van der Waals surface area contributed by atoms with E-state index in [1.165, 1.54) is 12.3 Å². The average Bonchev–Trinajstić information content (AvgIpc) is 3.10. The summed E-state index contributed by atoms with van der Waals surface area (Å²) >= 11 is 0. The van der Waals surface area contributed by atoms with Gasteiger partial charge >= 0.3 is 6.18 Å². The summed E-state index contributed by atoms with van der Waals surface area (Å²) in [5, 5.41) is 0. The zero-order valence-corrected chi connectivity index (χ0v) is 14.0. The third-order valence-corrected chi connectivity index (χ3v) is 4.62. The van der Waals surface area contributed by atoms with Crippen LogP contribution in [0.2, 0.25) is 0 Å². The van der Waals surface area contributed by atoms with Crippen molar-refractivity contribution >= 4 is 5.69 Å². The van der Waals surface area contributed by atoms with Crippen molar-refractivity contribution < 1.29 is 22.6 Å². The summed E-state index contributed by atoms with van der Waals surface area (Å²) in [4.78, 5) is 7.91. The summed E-state index contributed by atoms with van der Waals surface area (Å²) in [6.07, 6.45) is -3.10. The summed E-state index contributed by atoms with van der Waals surface area (Å²) < 4.78 is 48.5. The molecule has 0 saturated carbocycles. The first-order chi connectivity index (χ1) is 12.5. The number of fused-ring (bicyclic) bond motifs is 1. The fraction of sp³-hybridized carbons (Fsp3) is 0.389. The Labute approximate surface area is 148 Å². The number of pyridine rings is 1. The zero-order chi connectivity index (χ0) is 18.1. The van der Waals surface area contributed by atoms with Crippen LogP contribution in [0, 0.1) is 0 Å². The van der Waals surface area contributed by atoms with Gasteiger partial charge in [0.05, 0.1) is 11.9 Å². The number of anilines is 1. The molecule has 0 amide bonds. The van der Waals surface area contributed by atoms with E-state index in [-0.39, 0.29) is 6.79 Å². The molecule has 4 rings (SSSR count). The van der Waals surface area contributed by atoms with Crippen molar-refractivity contribution in [1.29, 1.82) is 0 Å². The van der Waals surface area contributed by atoms with Crippen LogP contribution in [0.1, 0.15) is 11.3 Å². The van der Waals surface area contributed by atoms with Gasteiger partial charge in [-0.05, 0) is 29.8 Å². The summed E-state index contributed by atoms with van der Waals surface area (Å²) in [5.41, 5.74) is 1.02. The topological polar surface area (TPSA) is 37.8 Å². The molecule has 0 spiro atoms. The SMILES string of the molecule is FC(F)(F)c1ccc(N2CCN(Cc3ccc4c(c3)OCO4)CC2)cn1. The Balaban J connectivity index is 1.34. The van der Waals surface area contributed by atoms with Crippen molar-refractivity contribution in [1.82, 2.24) is 9.88 Å². The Morgan fingerprint density at radius 1 is 0.962 bits per heavy atom. The molecule has 1 saturated heterocycles. The van der Waals surface area contributed by atoms with Crippen LogP contribution >= 0.6 is 0 Å². The first kappa shape index (κ1) is 17.0. The average molecular weight is 365 g/mol. The molecule has 0 radical (unpaired) electrons. The molecule has 0 unspecified atom stereocenters. The first-order valence-electron chi connectivity index (χ1n) is 8.38. The second-order valence-corrected chi connectivity index (χ2v) is 6.35. The molecule has 2 aliphatic rings. The number of hydrogen-bond donors (Lipinski definition) is 0. The van der Waals surface area contributed by atoms with Gasteiger partial charge in [-0.1, -0.05) is 6.07 Å². The van der Waals surface area contributed by atoms with Crippen LogP contribution in [-0.2, 0) is 12.7 Å². The Hall–Kier alpha value is -2.48. The highest BCUT2D eigenvalue weighted by Crippen LogP contribution is 2.33. The number of alkyl halides is 3. The van der Waals surface area contributed by atoms with E-state index in [0.717, 1.165) is 61.5 Å². The second kappa shape index (κ2) is 6.68. The Morgan fingerprint density at radius 3 is 2.42 bits per heavy atom. The van der Waals surface area contributed by atoms with Gasteiger partial charge in [0.2, 0.25) is 6.79 Å². The number of benzene rings is 1. The predicted molar refractivity (Wildman–Crippen MR) is 89.3 cm³/mol. The Bertz CT molecular complexity index is 772. The highest BCUT2D eigenvalue weighted by atomic mass is 19.4. The van der Waals surface area contributed by atoms with Crippen LogP contribution in [0.15, 0.2) is 36.5 Å². The van der Waals surface area contributed by atoms with Gasteiger partial charge in [0.15, 0.2) is 11.5 Å². The van der Waals surface area contributed by atoms with Gasteiger partial charge in [-0.3, -0.25) is 4.90 Å². The van der Waals surface area contributed by atoms with Crippen molar-refractivity contribution in [2.24, 2.45) is 0 Å². The number of ether oxygens (including phenoxy) is 2. The summed E-state index contributed by atoms with van der Waals surface area (Å²) in [7, 11) is 0. The van der Waals surface area contributed by atoms with Crippen LogP contribution in [0.25, 0.3) is 0 Å². The van der Waals surface area contributed by atoms with E-state index in [4.69, 9.17) is 9.47 Å². The van der Waals surface area contributed by atoms with E-state index in [1.807, 2.05) is 18.2 Å². The van der Waals surface area contributed by atoms with Crippen molar-refractivity contribution in [3.63, 3.8) is 0 Å². The third-order valence-electron chi connectivity index (χ3n) is 4.62. The molecular formula is C18H18F3N3O2. The van der Waals surface area contributed by atoms with Gasteiger partial charge in [0, 0.05) is 32.7 Å². The van der Waals surface area contributed by atoms with E-state index < -0.39 is 11.9 Å². The summed E-state index contributed by atoms with van der Waals surface area (Å²) in [6.45, 7) is 4.22. The van der Waals surface area contributed by atoms with Crippen molar-refractivity contribution in [3.8, 4) is 11.5 Å². The molecule has 0 bridgehead atoms. The van der Waals surface area contributed by atoms with Crippen molar-refractivity contribution in [2.75, 3.05) is 37.9 Å². The second-order valence-electron chi connectivity index (χ2n) is 6.35. The van der Waals surface area contributed by atoms with E-state index in [1.54, 1.807) is 0 Å². The largest absolute Gasteiger partial charge is 0.454 e. The molecule has 1 fully saturated rings. The minimum atomic E-state index is -4.40. The van der Waals surface area contributed by atoms with Crippen molar-refractivity contribution in [2.45, 2.75) is 12.7 Å². The van der Waals surface area contributed by atoms with Gasteiger partial charge in [-0.2, -0.15) is 13.2 Å². The molecule has 8 heteroatoms. The molecular weight excluding hydrogens is 347 g/mol. The number of aromatic nitrogens is 1. The number of piperazine rings is 1. The molecule has 1 aromatic carbocycles. The fourth-order valence-electron chi connectivity index (χ4n) is 3.20. The molecule has 3 heterocycles. The highest BCUT2D eigenvalue weighted by Gasteiger charge is 2.32. The Morgan fingerprint density at radius 2 is 1.73 bits per heavy atom. The molecule has 26 heavy (non-hydrogen) atoms. The Kier molecular flexibility index (Phi) is 4.36. The van der Waals surface area contributed by atoms with E-state index in [0.29, 0.717) is 0 Å². The maximum Gasteiger partial charge on any atom is 0.433 e. The quantitative estimate of drug-likeness (QED) is 0.835. The lowest BCUT2D eigenvalue weighted by atomic mass is 10.1. The van der Waals surface area contributed by atoms with E-state index in [2.05, 4.69) is 14.8 Å². The molecule has 2 aliphatic heterocycles. The lowest BCUT2D eigenvalue weighted by Crippen LogP contribution is -2.46. The minimum absolute atomic E-state index is 0.263. The van der Waals surface area contributed by atoms with Crippen molar-refractivity contribution in [3.05, 3.63) is 47.8 Å². The molecule has 0 N–H and O–H groups in total. The molecule has 0 aliphatic carbocycles. The normalized spacial score (nSPS) is 17.6. The summed E-state index contributed by atoms with van der Waals surface area (Å²) in [6, 6.07) is 8.47. The maximum absolute atomic E-state index is 12.6. The predicted octanol–water partition coefficient (Wildman–Crippen LogP) is 3.15. The first-order valence-corrected chi connectivity index (χ1v) is 8.38.